The lowest BCUT2D eigenvalue weighted by Crippen LogP contribution is -1.67. The number of nitrogens with zero attached hydrogens (tertiary/aromatic N) is 1. The van der Waals surface area contributed by atoms with E-state index in [2.05, 4.69) is 4.99 Å². The van der Waals surface area contributed by atoms with Crippen LogP contribution in [-0.2, 0) is 0 Å². The van der Waals surface area contributed by atoms with Crippen molar-refractivity contribution in [1.82, 2.24) is 0 Å². The van der Waals surface area contributed by atoms with E-state index in [1.54, 1.807) is 6.21 Å². The normalized spacial score (nSPS) is 20.8. The van der Waals surface area contributed by atoms with Gasteiger partial charge in [0.25, 0.3) is 0 Å². The third-order valence-electron chi connectivity index (χ3n) is 1.09. The van der Waals surface area contributed by atoms with Crippen LogP contribution in [0.2, 0.25) is 0 Å². The maximum atomic E-state index is 4.10. The topological polar surface area (TPSA) is 12.4 Å². The summed E-state index contributed by atoms with van der Waals surface area (Å²) in [6.07, 6.45) is 11.6. The first kappa shape index (κ1) is 6.02. The van der Waals surface area contributed by atoms with Crippen LogP contribution in [0.1, 0.15) is 6.92 Å². The highest BCUT2D eigenvalue weighted by molar-refractivity contribution is 5.73. The van der Waals surface area contributed by atoms with Gasteiger partial charge in [-0.1, -0.05) is 18.2 Å². The fourth-order valence-electron chi connectivity index (χ4n) is 0.611. The van der Waals surface area contributed by atoms with Crippen LogP contribution in [0.25, 0.3) is 0 Å². The standard InChI is InChI=1S/C8H9N/c1-2-8-6-4-3-5-7-9-8/h2-7H,1H3. The van der Waals surface area contributed by atoms with E-state index in [-0.39, 0.29) is 0 Å². The smallest absolute Gasteiger partial charge is 0.0586 e. The Morgan fingerprint density at radius 2 is 2.22 bits per heavy atom. The zero-order chi connectivity index (χ0) is 6.53. The largest absolute Gasteiger partial charge is 0.257 e. The van der Waals surface area contributed by atoms with Gasteiger partial charge in [-0.25, -0.2) is 0 Å². The van der Waals surface area contributed by atoms with Crippen LogP contribution in [0.15, 0.2) is 41.1 Å². The van der Waals surface area contributed by atoms with Crippen molar-refractivity contribution in [3.05, 3.63) is 36.1 Å². The third-order valence-corrected chi connectivity index (χ3v) is 1.09. The second-order valence-electron chi connectivity index (χ2n) is 1.74. The summed E-state index contributed by atoms with van der Waals surface area (Å²) in [6.45, 7) is 1.97. The fraction of sp³-hybridized carbons (Fsp3) is 0.125. The molecule has 1 heteroatoms. The lowest BCUT2D eigenvalue weighted by atomic mass is 10.4. The second kappa shape index (κ2) is 3.02. The Morgan fingerprint density at radius 1 is 1.33 bits per heavy atom. The van der Waals surface area contributed by atoms with Gasteiger partial charge in [-0.3, -0.25) is 4.99 Å². The van der Waals surface area contributed by atoms with Gasteiger partial charge in [0.1, 0.15) is 0 Å². The Labute approximate surface area is 55.1 Å². The lowest BCUT2D eigenvalue weighted by Gasteiger charge is -1.84. The molecule has 0 bridgehead atoms. The van der Waals surface area contributed by atoms with Crippen LogP contribution >= 0.6 is 0 Å². The van der Waals surface area contributed by atoms with Crippen molar-refractivity contribution in [2.45, 2.75) is 6.92 Å². The molecule has 1 heterocycles. The Balaban J connectivity index is 2.82. The van der Waals surface area contributed by atoms with Crippen LogP contribution in [0.5, 0.6) is 0 Å². The predicted molar refractivity (Wildman–Crippen MR) is 40.5 cm³/mol. The SMILES string of the molecule is CC=C1C=CC=CC=N1. The Kier molecular flexibility index (Phi) is 2.02. The highest BCUT2D eigenvalue weighted by Gasteiger charge is 1.82. The summed E-state index contributed by atoms with van der Waals surface area (Å²) in [6, 6.07) is 0. The van der Waals surface area contributed by atoms with Gasteiger partial charge in [0.15, 0.2) is 0 Å². The summed E-state index contributed by atoms with van der Waals surface area (Å²) >= 11 is 0. The van der Waals surface area contributed by atoms with Gasteiger partial charge in [-0.2, -0.15) is 0 Å². The maximum absolute atomic E-state index is 4.10. The first-order valence-electron chi connectivity index (χ1n) is 2.97. The van der Waals surface area contributed by atoms with Gasteiger partial charge in [0.05, 0.1) is 5.70 Å². The summed E-state index contributed by atoms with van der Waals surface area (Å²) in [5.41, 5.74) is 1.01. The average molecular weight is 119 g/mol. The van der Waals surface area contributed by atoms with Crippen molar-refractivity contribution < 1.29 is 0 Å². The molecular formula is C8H9N. The number of rotatable bonds is 0. The van der Waals surface area contributed by atoms with Crippen molar-refractivity contribution >= 4 is 6.21 Å². The van der Waals surface area contributed by atoms with Crippen molar-refractivity contribution in [2.75, 3.05) is 0 Å². The second-order valence-corrected chi connectivity index (χ2v) is 1.74. The van der Waals surface area contributed by atoms with E-state index in [1.807, 2.05) is 37.3 Å². The molecule has 0 amide bonds. The van der Waals surface area contributed by atoms with Crippen LogP contribution in [0.3, 0.4) is 0 Å². The molecule has 0 spiro atoms. The summed E-state index contributed by atoms with van der Waals surface area (Å²) in [4.78, 5) is 4.10. The molecule has 0 N–H and O–H groups in total. The molecule has 0 atom stereocenters. The van der Waals surface area contributed by atoms with Crippen molar-refractivity contribution in [2.24, 2.45) is 4.99 Å². The quantitative estimate of drug-likeness (QED) is 0.463. The van der Waals surface area contributed by atoms with E-state index in [9.17, 15) is 0 Å². The molecule has 9 heavy (non-hydrogen) atoms. The van der Waals surface area contributed by atoms with Crippen molar-refractivity contribution in [3.63, 3.8) is 0 Å². The molecule has 0 saturated carbocycles. The predicted octanol–water partition coefficient (Wildman–Crippen LogP) is 2.09. The van der Waals surface area contributed by atoms with Crippen LogP contribution in [0, 0.1) is 0 Å². The summed E-state index contributed by atoms with van der Waals surface area (Å²) < 4.78 is 0. The van der Waals surface area contributed by atoms with Crippen molar-refractivity contribution in [1.29, 1.82) is 0 Å². The Hall–Kier alpha value is -1.11. The Bertz CT molecular complexity index is 177. The van der Waals surface area contributed by atoms with Gasteiger partial charge in [0.2, 0.25) is 0 Å². The Morgan fingerprint density at radius 3 is 3.00 bits per heavy atom. The minimum absolute atomic E-state index is 1.01. The third kappa shape index (κ3) is 1.68. The van der Waals surface area contributed by atoms with E-state index in [0.29, 0.717) is 0 Å². The van der Waals surface area contributed by atoms with Gasteiger partial charge >= 0.3 is 0 Å². The molecule has 0 aromatic heterocycles. The van der Waals surface area contributed by atoms with Gasteiger partial charge in [-0.15, -0.1) is 0 Å². The molecule has 1 aliphatic rings. The lowest BCUT2D eigenvalue weighted by molar-refractivity contribution is 1.40. The van der Waals surface area contributed by atoms with Gasteiger partial charge in [0, 0.05) is 6.21 Å². The van der Waals surface area contributed by atoms with Gasteiger partial charge < -0.3 is 0 Å². The molecule has 0 aromatic rings. The van der Waals surface area contributed by atoms with E-state index >= 15 is 0 Å². The van der Waals surface area contributed by atoms with Crippen LogP contribution in [-0.4, -0.2) is 6.21 Å². The van der Waals surface area contributed by atoms with Crippen LogP contribution in [0.4, 0.5) is 0 Å². The molecule has 1 rings (SSSR count). The molecule has 0 fully saturated rings. The number of allylic oxidation sites excluding steroid dienone is 5. The molecule has 1 nitrogen and oxygen atoms in total. The highest BCUT2D eigenvalue weighted by atomic mass is 14.7. The van der Waals surface area contributed by atoms with Crippen molar-refractivity contribution in [3.8, 4) is 0 Å². The minimum Gasteiger partial charge on any atom is -0.257 e. The summed E-state index contributed by atoms with van der Waals surface area (Å²) in [5.74, 6) is 0. The summed E-state index contributed by atoms with van der Waals surface area (Å²) in [7, 11) is 0. The number of hydrogen-bond acceptors (Lipinski definition) is 1. The highest BCUT2D eigenvalue weighted by Crippen LogP contribution is 2.00. The van der Waals surface area contributed by atoms with E-state index in [1.165, 1.54) is 0 Å². The molecule has 0 radical (unpaired) electrons. The number of aliphatic imine (C=N–C) groups is 1. The first-order chi connectivity index (χ1) is 4.43. The molecule has 0 aromatic carbocycles. The molecule has 46 valence electrons. The fourth-order valence-corrected chi connectivity index (χ4v) is 0.611. The van der Waals surface area contributed by atoms with Crippen LogP contribution < -0.4 is 0 Å². The first-order valence-corrected chi connectivity index (χ1v) is 2.97. The molecule has 1 aliphatic heterocycles. The minimum atomic E-state index is 1.01. The summed E-state index contributed by atoms with van der Waals surface area (Å²) in [5, 5.41) is 0. The molecule has 0 unspecified atom stereocenters. The maximum Gasteiger partial charge on any atom is 0.0586 e. The van der Waals surface area contributed by atoms with E-state index < -0.39 is 0 Å². The monoisotopic (exact) mass is 119 g/mol. The van der Waals surface area contributed by atoms with Gasteiger partial charge in [-0.05, 0) is 19.1 Å². The molecule has 0 saturated heterocycles. The zero-order valence-electron chi connectivity index (χ0n) is 5.41. The van der Waals surface area contributed by atoms with E-state index in [0.717, 1.165) is 5.70 Å². The molecule has 0 aliphatic carbocycles. The number of hydrogen-bond donors (Lipinski definition) is 0. The van der Waals surface area contributed by atoms with E-state index in [4.69, 9.17) is 0 Å². The zero-order valence-corrected chi connectivity index (χ0v) is 5.41. The molecular weight excluding hydrogens is 110 g/mol. The average Bonchev–Trinajstić information content (AvgIpc) is 2.13.